The fraction of sp³-hybridized carbons (Fsp3) is 0.273. The Balaban J connectivity index is 1.33. The van der Waals surface area contributed by atoms with E-state index in [0.29, 0.717) is 40.1 Å². The summed E-state index contributed by atoms with van der Waals surface area (Å²) < 4.78 is 1.63. The molecule has 0 aromatic carbocycles. The van der Waals surface area contributed by atoms with E-state index in [1.807, 2.05) is 19.2 Å². The Labute approximate surface area is 184 Å². The molecule has 4 aromatic heterocycles. The Morgan fingerprint density at radius 2 is 1.97 bits per heavy atom. The zero-order valence-corrected chi connectivity index (χ0v) is 17.6. The molecule has 0 radical (unpaired) electrons. The maximum Gasteiger partial charge on any atom is 0.257 e. The summed E-state index contributed by atoms with van der Waals surface area (Å²) in [5, 5.41) is 18.5. The second-order valence-electron chi connectivity index (χ2n) is 7.79. The van der Waals surface area contributed by atoms with E-state index in [1.165, 1.54) is 0 Å². The minimum atomic E-state index is -0.252. The third kappa shape index (κ3) is 4.40. The largest absolute Gasteiger partial charge is 0.367 e. The van der Waals surface area contributed by atoms with Crippen molar-refractivity contribution in [1.29, 1.82) is 0 Å². The summed E-state index contributed by atoms with van der Waals surface area (Å²) in [7, 11) is 1.81. The molecule has 1 amide bonds. The number of rotatable bonds is 5. The molecule has 0 atom stereocenters. The van der Waals surface area contributed by atoms with E-state index in [-0.39, 0.29) is 5.91 Å². The molecule has 1 aliphatic heterocycles. The number of hydrogen-bond donors (Lipinski definition) is 3. The molecule has 32 heavy (non-hydrogen) atoms. The van der Waals surface area contributed by atoms with Crippen molar-refractivity contribution in [2.45, 2.75) is 18.9 Å². The summed E-state index contributed by atoms with van der Waals surface area (Å²) in [6.07, 6.45) is 7.19. The molecule has 10 heteroatoms. The number of nitrogens with one attached hydrogen (secondary N) is 3. The standard InChI is InChI=1S/C22H23N9O/c1-31-13-19(29-30-31)17-3-2-15-12-25-21(11-18(15)27-17)28-22(32)14-4-9-24-20(10-14)26-16-5-7-23-8-6-16/h2-4,9-13,16,23H,5-8H2,1H3,(H,24,26)(H,25,28,32). The van der Waals surface area contributed by atoms with Gasteiger partial charge in [0.15, 0.2) is 0 Å². The lowest BCUT2D eigenvalue weighted by Crippen LogP contribution is -2.35. The van der Waals surface area contributed by atoms with Crippen molar-refractivity contribution in [2.24, 2.45) is 7.05 Å². The van der Waals surface area contributed by atoms with Crippen LogP contribution in [-0.2, 0) is 7.05 Å². The number of fused-ring (bicyclic) bond motifs is 1. The van der Waals surface area contributed by atoms with Crippen LogP contribution in [0.3, 0.4) is 0 Å². The van der Waals surface area contributed by atoms with E-state index in [0.717, 1.165) is 31.3 Å². The smallest absolute Gasteiger partial charge is 0.257 e. The van der Waals surface area contributed by atoms with Crippen molar-refractivity contribution in [2.75, 3.05) is 23.7 Å². The van der Waals surface area contributed by atoms with Crippen LogP contribution in [0.25, 0.3) is 22.3 Å². The van der Waals surface area contributed by atoms with Gasteiger partial charge < -0.3 is 16.0 Å². The highest BCUT2D eigenvalue weighted by molar-refractivity contribution is 6.04. The molecule has 1 fully saturated rings. The van der Waals surface area contributed by atoms with Gasteiger partial charge in [0.2, 0.25) is 0 Å². The van der Waals surface area contributed by atoms with Crippen LogP contribution in [0, 0.1) is 0 Å². The Morgan fingerprint density at radius 1 is 1.09 bits per heavy atom. The van der Waals surface area contributed by atoms with E-state index in [1.54, 1.807) is 41.5 Å². The van der Waals surface area contributed by atoms with Crippen molar-refractivity contribution in [3.63, 3.8) is 0 Å². The lowest BCUT2D eigenvalue weighted by Gasteiger charge is -2.24. The predicted molar refractivity (Wildman–Crippen MR) is 121 cm³/mol. The Bertz CT molecular complexity index is 1260. The van der Waals surface area contributed by atoms with Gasteiger partial charge in [0.25, 0.3) is 5.91 Å². The van der Waals surface area contributed by atoms with Crippen LogP contribution >= 0.6 is 0 Å². The van der Waals surface area contributed by atoms with Crippen LogP contribution in [0.4, 0.5) is 11.6 Å². The number of nitrogens with zero attached hydrogens (tertiary/aromatic N) is 6. The molecule has 0 saturated carbocycles. The Hall–Kier alpha value is -3.92. The van der Waals surface area contributed by atoms with Crippen LogP contribution in [0.2, 0.25) is 0 Å². The second-order valence-corrected chi connectivity index (χ2v) is 7.79. The molecular weight excluding hydrogens is 406 g/mol. The number of amides is 1. The van der Waals surface area contributed by atoms with Gasteiger partial charge in [0, 0.05) is 42.5 Å². The molecule has 10 nitrogen and oxygen atoms in total. The number of hydrogen-bond acceptors (Lipinski definition) is 8. The number of pyridine rings is 3. The zero-order valence-electron chi connectivity index (χ0n) is 17.6. The molecule has 3 N–H and O–H groups in total. The first-order valence-electron chi connectivity index (χ1n) is 10.5. The molecule has 4 aromatic rings. The molecule has 0 aliphatic carbocycles. The molecule has 5 rings (SSSR count). The van der Waals surface area contributed by atoms with E-state index < -0.39 is 0 Å². The summed E-state index contributed by atoms with van der Waals surface area (Å²) in [4.78, 5) is 26.2. The molecule has 0 unspecified atom stereocenters. The second kappa shape index (κ2) is 8.67. The Morgan fingerprint density at radius 3 is 2.78 bits per heavy atom. The van der Waals surface area contributed by atoms with Gasteiger partial charge in [-0.15, -0.1) is 5.10 Å². The van der Waals surface area contributed by atoms with Crippen molar-refractivity contribution in [3.05, 3.63) is 54.5 Å². The van der Waals surface area contributed by atoms with E-state index in [2.05, 4.69) is 41.2 Å². The fourth-order valence-electron chi connectivity index (χ4n) is 3.71. The van der Waals surface area contributed by atoms with Gasteiger partial charge in [-0.25, -0.2) is 15.0 Å². The average Bonchev–Trinajstić information content (AvgIpc) is 3.26. The van der Waals surface area contributed by atoms with Gasteiger partial charge in [-0.2, -0.15) is 0 Å². The summed E-state index contributed by atoms with van der Waals surface area (Å²) >= 11 is 0. The molecule has 1 saturated heterocycles. The van der Waals surface area contributed by atoms with Gasteiger partial charge >= 0.3 is 0 Å². The number of piperidine rings is 1. The van der Waals surface area contributed by atoms with Crippen LogP contribution in [0.1, 0.15) is 23.2 Å². The first kappa shape index (κ1) is 20.0. The van der Waals surface area contributed by atoms with Crippen molar-refractivity contribution >= 4 is 28.4 Å². The van der Waals surface area contributed by atoms with E-state index >= 15 is 0 Å². The van der Waals surface area contributed by atoms with Gasteiger partial charge in [-0.05, 0) is 50.2 Å². The topological polar surface area (TPSA) is 123 Å². The molecule has 1 aliphatic rings. The molecule has 0 spiro atoms. The van der Waals surface area contributed by atoms with Gasteiger partial charge in [-0.3, -0.25) is 9.48 Å². The van der Waals surface area contributed by atoms with Gasteiger partial charge in [0.1, 0.15) is 17.3 Å². The SMILES string of the molecule is Cn1cc(-c2ccc3cnc(NC(=O)c4ccnc(NC5CCNCC5)c4)cc3n2)nn1. The average molecular weight is 429 g/mol. The van der Waals surface area contributed by atoms with Crippen LogP contribution < -0.4 is 16.0 Å². The van der Waals surface area contributed by atoms with Crippen LogP contribution in [-0.4, -0.2) is 55.0 Å². The minimum Gasteiger partial charge on any atom is -0.367 e. The molecule has 0 bridgehead atoms. The predicted octanol–water partition coefficient (Wildman–Crippen LogP) is 2.24. The molecule has 5 heterocycles. The van der Waals surface area contributed by atoms with Crippen molar-refractivity contribution < 1.29 is 4.79 Å². The van der Waals surface area contributed by atoms with E-state index in [9.17, 15) is 4.79 Å². The maximum absolute atomic E-state index is 12.8. The van der Waals surface area contributed by atoms with Crippen LogP contribution in [0.5, 0.6) is 0 Å². The number of aromatic nitrogens is 6. The summed E-state index contributed by atoms with van der Waals surface area (Å²) in [6, 6.07) is 9.37. The number of carbonyl (C=O) groups is 1. The molecule has 162 valence electrons. The number of anilines is 2. The fourth-order valence-corrected chi connectivity index (χ4v) is 3.71. The summed E-state index contributed by atoms with van der Waals surface area (Å²) in [5.41, 5.74) is 2.61. The van der Waals surface area contributed by atoms with E-state index in [4.69, 9.17) is 0 Å². The van der Waals surface area contributed by atoms with Crippen molar-refractivity contribution in [3.8, 4) is 11.4 Å². The lowest BCUT2D eigenvalue weighted by atomic mass is 10.1. The first-order valence-corrected chi connectivity index (χ1v) is 10.5. The highest BCUT2D eigenvalue weighted by atomic mass is 16.1. The van der Waals surface area contributed by atoms with Crippen molar-refractivity contribution in [1.82, 2.24) is 35.3 Å². The normalized spacial score (nSPS) is 14.4. The summed E-state index contributed by atoms with van der Waals surface area (Å²) in [5.74, 6) is 0.875. The van der Waals surface area contributed by atoms with Crippen LogP contribution in [0.15, 0.2) is 48.9 Å². The maximum atomic E-state index is 12.8. The quantitative estimate of drug-likeness (QED) is 0.441. The number of carbonyl (C=O) groups excluding carboxylic acids is 1. The zero-order chi connectivity index (χ0) is 21.9. The third-order valence-electron chi connectivity index (χ3n) is 5.39. The highest BCUT2D eigenvalue weighted by Gasteiger charge is 2.15. The lowest BCUT2D eigenvalue weighted by molar-refractivity contribution is 0.102. The van der Waals surface area contributed by atoms with Gasteiger partial charge in [-0.1, -0.05) is 5.21 Å². The summed E-state index contributed by atoms with van der Waals surface area (Å²) in [6.45, 7) is 1.97. The Kier molecular flexibility index (Phi) is 5.42. The first-order chi connectivity index (χ1) is 15.6. The van der Waals surface area contributed by atoms with Gasteiger partial charge in [0.05, 0.1) is 17.4 Å². The third-order valence-corrected chi connectivity index (χ3v) is 5.39. The number of aryl methyl sites for hydroxylation is 1. The highest BCUT2D eigenvalue weighted by Crippen LogP contribution is 2.21. The minimum absolute atomic E-state index is 0.252. The monoisotopic (exact) mass is 429 g/mol. The molecular formula is C22H23N9O.